The van der Waals surface area contributed by atoms with Crippen LogP contribution in [-0.2, 0) is 0 Å². The zero-order valence-corrected chi connectivity index (χ0v) is 19.7. The SMILES string of the molecule is Cc1cccc(N2C(=S)N[C@H](c3ccccn3)[C@H]2c2cc(C)n(-c3ccccc3O)c2C)c1. The van der Waals surface area contributed by atoms with Crippen LogP contribution >= 0.6 is 12.2 Å². The van der Waals surface area contributed by atoms with E-state index in [-0.39, 0.29) is 17.8 Å². The van der Waals surface area contributed by atoms with Gasteiger partial charge in [-0.1, -0.05) is 30.3 Å². The first kappa shape index (κ1) is 21.2. The molecule has 3 heterocycles. The molecule has 1 fully saturated rings. The van der Waals surface area contributed by atoms with Gasteiger partial charge < -0.3 is 19.9 Å². The highest BCUT2D eigenvalue weighted by molar-refractivity contribution is 7.80. The van der Waals surface area contributed by atoms with Crippen LogP contribution < -0.4 is 10.2 Å². The minimum absolute atomic E-state index is 0.0972. The van der Waals surface area contributed by atoms with E-state index in [1.54, 1.807) is 6.07 Å². The molecule has 5 rings (SSSR count). The molecule has 1 aliphatic heterocycles. The minimum Gasteiger partial charge on any atom is -0.506 e. The second-order valence-corrected chi connectivity index (χ2v) is 8.87. The number of hydrogen-bond donors (Lipinski definition) is 2. The summed E-state index contributed by atoms with van der Waals surface area (Å²) in [7, 11) is 0. The number of hydrogen-bond acceptors (Lipinski definition) is 3. The van der Waals surface area contributed by atoms with Crippen LogP contribution in [0.2, 0.25) is 0 Å². The molecule has 1 saturated heterocycles. The van der Waals surface area contributed by atoms with Crippen LogP contribution in [-0.4, -0.2) is 19.8 Å². The van der Waals surface area contributed by atoms with Crippen molar-refractivity contribution in [2.75, 3.05) is 4.90 Å². The third kappa shape index (κ3) is 3.66. The highest BCUT2D eigenvalue weighted by atomic mass is 32.1. The number of thiocarbonyl (C=S) groups is 1. The predicted molar refractivity (Wildman–Crippen MR) is 136 cm³/mol. The number of rotatable bonds is 4. The van der Waals surface area contributed by atoms with Gasteiger partial charge in [0.15, 0.2) is 5.11 Å². The highest BCUT2D eigenvalue weighted by Crippen LogP contribution is 2.44. The topological polar surface area (TPSA) is 53.3 Å². The van der Waals surface area contributed by atoms with Gasteiger partial charge in [0.25, 0.3) is 0 Å². The van der Waals surface area contributed by atoms with Gasteiger partial charge in [-0.15, -0.1) is 0 Å². The summed E-state index contributed by atoms with van der Waals surface area (Å²) in [5, 5.41) is 14.8. The fourth-order valence-corrected chi connectivity index (χ4v) is 5.18. The molecule has 6 heteroatoms. The zero-order chi connectivity index (χ0) is 23.1. The number of aromatic nitrogens is 2. The number of pyridine rings is 1. The van der Waals surface area contributed by atoms with Gasteiger partial charge in [0.2, 0.25) is 0 Å². The Kier molecular flexibility index (Phi) is 5.38. The van der Waals surface area contributed by atoms with Crippen LogP contribution in [0.25, 0.3) is 5.69 Å². The van der Waals surface area contributed by atoms with Crippen molar-refractivity contribution in [3.8, 4) is 11.4 Å². The molecule has 2 aromatic heterocycles. The second-order valence-electron chi connectivity index (χ2n) is 8.49. The molecule has 166 valence electrons. The van der Waals surface area contributed by atoms with Crippen LogP contribution in [0, 0.1) is 20.8 Å². The van der Waals surface area contributed by atoms with E-state index < -0.39 is 0 Å². The first-order chi connectivity index (χ1) is 16.0. The van der Waals surface area contributed by atoms with Gasteiger partial charge in [0, 0.05) is 23.3 Å². The van der Waals surface area contributed by atoms with E-state index in [2.05, 4.69) is 70.9 Å². The van der Waals surface area contributed by atoms with Crippen LogP contribution in [0.15, 0.2) is 79.0 Å². The van der Waals surface area contributed by atoms with Crippen molar-refractivity contribution in [2.24, 2.45) is 0 Å². The Morgan fingerprint density at radius 2 is 1.73 bits per heavy atom. The Hall–Kier alpha value is -3.64. The van der Waals surface area contributed by atoms with Crippen LogP contribution in [0.3, 0.4) is 0 Å². The molecular formula is C27H26N4OS. The lowest BCUT2D eigenvalue weighted by atomic mass is 9.96. The highest BCUT2D eigenvalue weighted by Gasteiger charge is 2.42. The van der Waals surface area contributed by atoms with Crippen LogP contribution in [0.1, 0.15) is 40.3 Å². The lowest BCUT2D eigenvalue weighted by Gasteiger charge is -2.28. The first-order valence-corrected chi connectivity index (χ1v) is 11.4. The Labute approximate surface area is 199 Å². The lowest BCUT2D eigenvalue weighted by molar-refractivity contribution is 0.471. The maximum atomic E-state index is 10.5. The van der Waals surface area contributed by atoms with Crippen LogP contribution in [0.5, 0.6) is 5.75 Å². The number of aryl methyl sites for hydroxylation is 2. The van der Waals surface area contributed by atoms with Crippen molar-refractivity contribution in [1.82, 2.24) is 14.9 Å². The van der Waals surface area contributed by atoms with Crippen LogP contribution in [0.4, 0.5) is 5.69 Å². The molecule has 0 spiro atoms. The van der Waals surface area contributed by atoms with E-state index in [9.17, 15) is 5.11 Å². The number of benzene rings is 2. The summed E-state index contributed by atoms with van der Waals surface area (Å²) >= 11 is 5.86. The summed E-state index contributed by atoms with van der Waals surface area (Å²) in [6.45, 7) is 6.25. The molecule has 1 aliphatic rings. The standard InChI is InChI=1S/C27H26N4OS/c1-17-9-8-10-20(15-17)31-26(25(29-27(31)33)22-11-6-7-14-28-22)21-16-18(2)30(19(21)3)23-12-4-5-13-24(23)32/h4-16,25-26,32H,1-3H3,(H,29,33)/t25-,26-/m1/s1. The molecule has 2 aromatic carbocycles. The van der Waals surface area contributed by atoms with Gasteiger partial charge in [-0.05, 0) is 86.6 Å². The quantitative estimate of drug-likeness (QED) is 0.389. The molecule has 2 N–H and O–H groups in total. The number of nitrogens with one attached hydrogen (secondary N) is 1. The molecule has 0 aliphatic carbocycles. The van der Waals surface area contributed by atoms with Crippen molar-refractivity contribution in [1.29, 1.82) is 0 Å². The van der Waals surface area contributed by atoms with E-state index in [0.29, 0.717) is 5.11 Å². The molecule has 0 bridgehead atoms. The van der Waals surface area contributed by atoms with Gasteiger partial charge in [0.05, 0.1) is 23.5 Å². The number of phenols is 1. The molecular weight excluding hydrogens is 428 g/mol. The van der Waals surface area contributed by atoms with E-state index in [4.69, 9.17) is 12.2 Å². The average molecular weight is 455 g/mol. The second kappa shape index (κ2) is 8.37. The summed E-state index contributed by atoms with van der Waals surface area (Å²) in [6, 6.07) is 23.8. The molecule has 33 heavy (non-hydrogen) atoms. The first-order valence-electron chi connectivity index (χ1n) is 11.0. The number of aromatic hydroxyl groups is 1. The number of nitrogens with zero attached hydrogens (tertiary/aromatic N) is 3. The van der Waals surface area contributed by atoms with Gasteiger partial charge in [0.1, 0.15) is 5.75 Å². The zero-order valence-electron chi connectivity index (χ0n) is 18.9. The summed E-state index contributed by atoms with van der Waals surface area (Å²) in [5.74, 6) is 0.253. The summed E-state index contributed by atoms with van der Waals surface area (Å²) in [5.41, 5.74) is 7.17. The third-order valence-corrected chi connectivity index (χ3v) is 6.60. The van der Waals surface area contributed by atoms with Gasteiger partial charge in [-0.3, -0.25) is 4.98 Å². The summed E-state index contributed by atoms with van der Waals surface area (Å²) in [6.07, 6.45) is 1.82. The smallest absolute Gasteiger partial charge is 0.174 e. The molecule has 5 nitrogen and oxygen atoms in total. The number of para-hydroxylation sites is 2. The largest absolute Gasteiger partial charge is 0.506 e. The lowest BCUT2D eigenvalue weighted by Crippen LogP contribution is -2.29. The minimum atomic E-state index is -0.113. The summed E-state index contributed by atoms with van der Waals surface area (Å²) in [4.78, 5) is 6.85. The Bertz CT molecular complexity index is 1330. The third-order valence-electron chi connectivity index (χ3n) is 6.29. The number of phenolic OH excluding ortho intramolecular Hbond substituents is 1. The Morgan fingerprint density at radius 3 is 2.45 bits per heavy atom. The maximum absolute atomic E-state index is 10.5. The van der Waals surface area contributed by atoms with Crippen molar-refractivity contribution in [3.05, 3.63) is 107 Å². The predicted octanol–water partition coefficient (Wildman–Crippen LogP) is 5.68. The summed E-state index contributed by atoms with van der Waals surface area (Å²) < 4.78 is 2.11. The van der Waals surface area contributed by atoms with Gasteiger partial charge in [-0.25, -0.2) is 0 Å². The van der Waals surface area contributed by atoms with Gasteiger partial charge in [-0.2, -0.15) is 0 Å². The molecule has 0 amide bonds. The Balaban J connectivity index is 1.70. The molecule has 4 aromatic rings. The van der Waals surface area contributed by atoms with Crippen molar-refractivity contribution < 1.29 is 5.11 Å². The fourth-order valence-electron chi connectivity index (χ4n) is 4.84. The van der Waals surface area contributed by atoms with Crippen molar-refractivity contribution in [2.45, 2.75) is 32.9 Å². The van der Waals surface area contributed by atoms with Crippen molar-refractivity contribution >= 4 is 23.0 Å². The van der Waals surface area contributed by atoms with E-state index in [1.165, 1.54) is 5.56 Å². The van der Waals surface area contributed by atoms with E-state index in [1.807, 2.05) is 42.6 Å². The van der Waals surface area contributed by atoms with Gasteiger partial charge >= 0.3 is 0 Å². The molecule has 0 saturated carbocycles. The van der Waals surface area contributed by atoms with E-state index in [0.717, 1.165) is 34.0 Å². The van der Waals surface area contributed by atoms with E-state index >= 15 is 0 Å². The monoisotopic (exact) mass is 454 g/mol. The normalized spacial score (nSPS) is 17.9. The van der Waals surface area contributed by atoms with Crippen molar-refractivity contribution in [3.63, 3.8) is 0 Å². The number of anilines is 1. The molecule has 0 unspecified atom stereocenters. The Morgan fingerprint density at radius 1 is 0.939 bits per heavy atom. The average Bonchev–Trinajstić information content (AvgIpc) is 3.30. The fraction of sp³-hybridized carbons (Fsp3) is 0.185. The maximum Gasteiger partial charge on any atom is 0.174 e. The molecule has 0 radical (unpaired) electrons. The molecule has 2 atom stereocenters.